The maximum Gasteiger partial charge on any atom is 0.0231 e. The van der Waals surface area contributed by atoms with Crippen LogP contribution in [0.4, 0.5) is 0 Å². The first-order chi connectivity index (χ1) is 2.84. The van der Waals surface area contributed by atoms with Crippen molar-refractivity contribution >= 4 is 0 Å². The monoisotopic (exact) mass is 86.1 g/mol. The lowest BCUT2D eigenvalue weighted by molar-refractivity contribution is 0.777. The summed E-state index contributed by atoms with van der Waals surface area (Å²) in [6, 6.07) is 1.08. The molecule has 0 heterocycles. The molecule has 2 atom stereocenters. The molecule has 36 valence electrons. The van der Waals surface area contributed by atoms with Crippen LogP contribution < -0.4 is 11.1 Å². The van der Waals surface area contributed by atoms with Gasteiger partial charge in [0.25, 0.3) is 0 Å². The Labute approximate surface area is 37.7 Å². The molecule has 1 aliphatic carbocycles. The summed E-state index contributed by atoms with van der Waals surface area (Å²) in [5.74, 6) is 0. The molecular formula is C4H10N2. The van der Waals surface area contributed by atoms with E-state index >= 15 is 0 Å². The fraction of sp³-hybridized carbons (Fsp3) is 1.00. The molecule has 1 saturated carbocycles. The number of hydrogen-bond donors (Lipinski definition) is 2. The van der Waals surface area contributed by atoms with Gasteiger partial charge in [0, 0.05) is 12.1 Å². The van der Waals surface area contributed by atoms with Crippen molar-refractivity contribution in [2.24, 2.45) is 5.73 Å². The first-order valence-corrected chi connectivity index (χ1v) is 2.27. The molecule has 0 bridgehead atoms. The Balaban J connectivity index is 2.09. The highest BCUT2D eigenvalue weighted by Gasteiger charge is 2.30. The smallest absolute Gasteiger partial charge is 0.0231 e. The van der Waals surface area contributed by atoms with Crippen LogP contribution in [0.5, 0.6) is 0 Å². The van der Waals surface area contributed by atoms with Crippen molar-refractivity contribution in [3.8, 4) is 0 Å². The molecule has 0 amide bonds. The first-order valence-electron chi connectivity index (χ1n) is 2.27. The molecule has 0 spiro atoms. The minimum absolute atomic E-state index is 0.454. The predicted octanol–water partition coefficient (Wildman–Crippen LogP) is -0.695. The van der Waals surface area contributed by atoms with E-state index in [4.69, 9.17) is 5.73 Å². The quantitative estimate of drug-likeness (QED) is 0.443. The summed E-state index contributed by atoms with van der Waals surface area (Å²) in [4.78, 5) is 0. The van der Waals surface area contributed by atoms with E-state index in [9.17, 15) is 0 Å². The molecule has 0 aliphatic heterocycles. The van der Waals surface area contributed by atoms with Crippen LogP contribution in [0.15, 0.2) is 0 Å². The van der Waals surface area contributed by atoms with E-state index in [1.54, 1.807) is 0 Å². The molecule has 0 aromatic rings. The van der Waals surface area contributed by atoms with Gasteiger partial charge < -0.3 is 11.1 Å². The van der Waals surface area contributed by atoms with Crippen molar-refractivity contribution in [1.29, 1.82) is 0 Å². The maximum absolute atomic E-state index is 5.41. The third-order valence-corrected chi connectivity index (χ3v) is 1.21. The Morgan fingerprint density at radius 3 is 2.33 bits per heavy atom. The Kier molecular flexibility index (Phi) is 0.821. The van der Waals surface area contributed by atoms with E-state index in [1.807, 2.05) is 7.05 Å². The highest BCUT2D eigenvalue weighted by Crippen LogP contribution is 2.15. The van der Waals surface area contributed by atoms with Gasteiger partial charge in [-0.3, -0.25) is 0 Å². The van der Waals surface area contributed by atoms with Crippen LogP contribution in [0, 0.1) is 0 Å². The third-order valence-electron chi connectivity index (χ3n) is 1.21. The first kappa shape index (κ1) is 4.09. The van der Waals surface area contributed by atoms with Crippen LogP contribution in [-0.4, -0.2) is 19.1 Å². The average Bonchev–Trinajstić information content (AvgIpc) is 2.19. The fourth-order valence-corrected chi connectivity index (χ4v) is 0.547. The van der Waals surface area contributed by atoms with Crippen LogP contribution in [-0.2, 0) is 0 Å². The number of hydrogen-bond acceptors (Lipinski definition) is 2. The molecule has 1 rings (SSSR count). The van der Waals surface area contributed by atoms with Gasteiger partial charge in [0.1, 0.15) is 0 Å². The maximum atomic E-state index is 5.41. The van der Waals surface area contributed by atoms with Gasteiger partial charge in [0.2, 0.25) is 0 Å². The van der Waals surface area contributed by atoms with Gasteiger partial charge in [-0.2, -0.15) is 0 Å². The second kappa shape index (κ2) is 1.21. The van der Waals surface area contributed by atoms with Crippen molar-refractivity contribution in [2.75, 3.05) is 7.05 Å². The molecule has 0 radical (unpaired) electrons. The van der Waals surface area contributed by atoms with Crippen LogP contribution >= 0.6 is 0 Å². The average molecular weight is 86.1 g/mol. The summed E-state index contributed by atoms with van der Waals surface area (Å²) in [5, 5.41) is 3.06. The zero-order valence-corrected chi connectivity index (χ0v) is 3.94. The molecule has 1 aliphatic rings. The second-order valence-corrected chi connectivity index (χ2v) is 1.79. The summed E-state index contributed by atoms with van der Waals surface area (Å²) < 4.78 is 0. The molecule has 6 heavy (non-hydrogen) atoms. The Bertz CT molecular complexity index is 51.5. The Hall–Kier alpha value is -0.0800. The molecule has 0 aromatic heterocycles. The predicted molar refractivity (Wildman–Crippen MR) is 25.4 cm³/mol. The summed E-state index contributed by atoms with van der Waals surface area (Å²) >= 11 is 0. The lowest BCUT2D eigenvalue weighted by Crippen LogP contribution is -2.17. The van der Waals surface area contributed by atoms with Gasteiger partial charge in [-0.15, -0.1) is 0 Å². The van der Waals surface area contributed by atoms with Crippen molar-refractivity contribution in [3.05, 3.63) is 0 Å². The summed E-state index contributed by atoms with van der Waals surface area (Å²) in [7, 11) is 1.94. The van der Waals surface area contributed by atoms with Crippen LogP contribution in [0.2, 0.25) is 0 Å². The largest absolute Gasteiger partial charge is 0.326 e. The topological polar surface area (TPSA) is 38.0 Å². The van der Waals surface area contributed by atoms with E-state index < -0.39 is 0 Å². The molecule has 3 N–H and O–H groups in total. The van der Waals surface area contributed by atoms with E-state index in [0.29, 0.717) is 12.1 Å². The number of rotatable bonds is 1. The minimum atomic E-state index is 0.454. The van der Waals surface area contributed by atoms with Crippen molar-refractivity contribution in [3.63, 3.8) is 0 Å². The summed E-state index contributed by atoms with van der Waals surface area (Å²) in [6.07, 6.45) is 1.16. The minimum Gasteiger partial charge on any atom is -0.326 e. The molecule has 1 fully saturated rings. The summed E-state index contributed by atoms with van der Waals surface area (Å²) in [6.45, 7) is 0. The number of likely N-dealkylation sites (N-methyl/N-ethyl adjacent to an activating group) is 1. The zero-order valence-electron chi connectivity index (χ0n) is 3.94. The molecule has 2 heteroatoms. The number of nitrogens with one attached hydrogen (secondary N) is 1. The fourth-order valence-electron chi connectivity index (χ4n) is 0.547. The SMILES string of the molecule is CN[C@H]1C[C@H]1N. The normalized spacial score (nSPS) is 43.0. The van der Waals surface area contributed by atoms with Gasteiger partial charge in [-0.25, -0.2) is 0 Å². The number of nitrogens with two attached hydrogens (primary N) is 1. The van der Waals surface area contributed by atoms with Gasteiger partial charge in [-0.1, -0.05) is 0 Å². The van der Waals surface area contributed by atoms with Gasteiger partial charge in [0.05, 0.1) is 0 Å². The van der Waals surface area contributed by atoms with Crippen molar-refractivity contribution in [2.45, 2.75) is 18.5 Å². The van der Waals surface area contributed by atoms with E-state index in [2.05, 4.69) is 5.32 Å². The van der Waals surface area contributed by atoms with E-state index in [-0.39, 0.29) is 0 Å². The van der Waals surface area contributed by atoms with Crippen LogP contribution in [0.1, 0.15) is 6.42 Å². The molecular weight excluding hydrogens is 76.1 g/mol. The van der Waals surface area contributed by atoms with Gasteiger partial charge in [0.15, 0.2) is 0 Å². The third kappa shape index (κ3) is 0.533. The second-order valence-electron chi connectivity index (χ2n) is 1.79. The van der Waals surface area contributed by atoms with E-state index in [1.165, 1.54) is 0 Å². The van der Waals surface area contributed by atoms with Crippen LogP contribution in [0.3, 0.4) is 0 Å². The van der Waals surface area contributed by atoms with E-state index in [0.717, 1.165) is 6.42 Å². The Morgan fingerprint density at radius 1 is 1.83 bits per heavy atom. The van der Waals surface area contributed by atoms with Crippen LogP contribution in [0.25, 0.3) is 0 Å². The highest BCUT2D eigenvalue weighted by molar-refractivity contribution is 4.95. The lowest BCUT2D eigenvalue weighted by Gasteiger charge is -1.85. The highest BCUT2D eigenvalue weighted by atomic mass is 15.0. The van der Waals surface area contributed by atoms with Gasteiger partial charge in [-0.05, 0) is 13.5 Å². The van der Waals surface area contributed by atoms with Gasteiger partial charge >= 0.3 is 0 Å². The zero-order chi connectivity index (χ0) is 4.57. The molecule has 0 saturated heterocycles. The lowest BCUT2D eigenvalue weighted by atomic mass is 10.7. The molecule has 2 nitrogen and oxygen atoms in total. The Morgan fingerprint density at radius 2 is 2.33 bits per heavy atom. The van der Waals surface area contributed by atoms with Crippen molar-refractivity contribution < 1.29 is 0 Å². The molecule has 0 aromatic carbocycles. The summed E-state index contributed by atoms with van der Waals surface area (Å²) in [5.41, 5.74) is 5.41. The standard InChI is InChI=1S/C4H10N2/c1-6-4-2-3(4)5/h3-4,6H,2,5H2,1H3/t3-,4+/m1/s1. The van der Waals surface area contributed by atoms with Crippen molar-refractivity contribution in [1.82, 2.24) is 5.32 Å². The molecule has 0 unspecified atom stereocenters.